The molecule has 1 aromatic carbocycles. The third-order valence-electron chi connectivity index (χ3n) is 4.43. The molecule has 7 nitrogen and oxygen atoms in total. The molecule has 122 valence electrons. The highest BCUT2D eigenvalue weighted by Gasteiger charge is 2.41. The molecule has 0 saturated heterocycles. The van der Waals surface area contributed by atoms with Crippen LogP contribution in [0, 0.1) is 0 Å². The van der Waals surface area contributed by atoms with Gasteiger partial charge in [-0.2, -0.15) is 5.21 Å². The molecule has 0 bridgehead atoms. The van der Waals surface area contributed by atoms with Gasteiger partial charge in [0.15, 0.2) is 0 Å². The highest BCUT2D eigenvalue weighted by Crippen LogP contribution is 2.35. The van der Waals surface area contributed by atoms with Gasteiger partial charge < -0.3 is 10.1 Å². The first-order valence-corrected chi connectivity index (χ1v) is 7.89. The highest BCUT2D eigenvalue weighted by atomic mass is 16.5. The van der Waals surface area contributed by atoms with Crippen molar-refractivity contribution in [2.75, 3.05) is 13.7 Å². The minimum Gasteiger partial charge on any atom is -0.490 e. The number of nitrogens with zero attached hydrogens (tertiary/aromatic N) is 4. The van der Waals surface area contributed by atoms with Crippen LogP contribution in [-0.4, -0.2) is 44.8 Å². The minimum absolute atomic E-state index is 0.155. The lowest BCUT2D eigenvalue weighted by Gasteiger charge is -2.15. The summed E-state index contributed by atoms with van der Waals surface area (Å²) in [6.07, 6.45) is 5.91. The fourth-order valence-electron chi connectivity index (χ4n) is 2.59. The predicted molar refractivity (Wildman–Crippen MR) is 89.4 cm³/mol. The van der Waals surface area contributed by atoms with Crippen LogP contribution in [0.4, 0.5) is 0 Å². The van der Waals surface area contributed by atoms with Crippen LogP contribution in [0.5, 0.6) is 5.75 Å². The van der Waals surface area contributed by atoms with Crippen molar-refractivity contribution in [2.24, 2.45) is 0 Å². The first kappa shape index (κ1) is 14.8. The maximum absolute atomic E-state index is 5.91. The Hall–Kier alpha value is -2.80. The summed E-state index contributed by atoms with van der Waals surface area (Å²) in [5.41, 5.74) is 3.15. The standard InChI is InChI=1S/C17H18N6O/c1-18-17(6-7-17)11-24-15-8-14(9-19-10-15)12-2-4-13(5-3-12)16-20-22-23-21-16/h2-5,8-10,18H,6-7,11H2,1H3,(H,20,21,22,23). The number of H-pyrrole nitrogens is 1. The number of benzene rings is 1. The first-order valence-electron chi connectivity index (χ1n) is 7.89. The average Bonchev–Trinajstić information content (AvgIpc) is 3.22. The van der Waals surface area contributed by atoms with E-state index in [4.69, 9.17) is 4.74 Å². The summed E-state index contributed by atoms with van der Waals surface area (Å²) in [6.45, 7) is 0.672. The Morgan fingerprint density at radius 1 is 1.12 bits per heavy atom. The third-order valence-corrected chi connectivity index (χ3v) is 4.43. The number of aromatic amines is 1. The molecule has 0 amide bonds. The normalized spacial score (nSPS) is 15.2. The topological polar surface area (TPSA) is 88.6 Å². The van der Waals surface area contributed by atoms with Crippen molar-refractivity contribution >= 4 is 0 Å². The first-order chi connectivity index (χ1) is 11.8. The molecule has 2 N–H and O–H groups in total. The van der Waals surface area contributed by atoms with E-state index in [1.54, 1.807) is 6.20 Å². The van der Waals surface area contributed by atoms with E-state index in [1.165, 1.54) is 0 Å². The van der Waals surface area contributed by atoms with Crippen molar-refractivity contribution in [2.45, 2.75) is 18.4 Å². The van der Waals surface area contributed by atoms with E-state index >= 15 is 0 Å². The molecule has 0 unspecified atom stereocenters. The number of likely N-dealkylation sites (N-methyl/N-ethyl adjacent to an activating group) is 1. The zero-order chi connectivity index (χ0) is 16.4. The zero-order valence-corrected chi connectivity index (χ0v) is 13.4. The summed E-state index contributed by atoms with van der Waals surface area (Å²) in [7, 11) is 1.98. The molecule has 1 aliphatic carbocycles. The van der Waals surface area contributed by atoms with Gasteiger partial charge in [-0.25, -0.2) is 0 Å². The fraction of sp³-hybridized carbons (Fsp3) is 0.294. The Morgan fingerprint density at radius 2 is 1.92 bits per heavy atom. The van der Waals surface area contributed by atoms with Gasteiger partial charge in [0.2, 0.25) is 5.82 Å². The van der Waals surface area contributed by atoms with Crippen LogP contribution in [0.1, 0.15) is 12.8 Å². The quantitative estimate of drug-likeness (QED) is 0.722. The Labute approximate surface area is 139 Å². The molecular formula is C17H18N6O. The summed E-state index contributed by atoms with van der Waals surface area (Å²) in [5, 5.41) is 17.3. The molecule has 0 atom stereocenters. The molecule has 3 aromatic rings. The maximum Gasteiger partial charge on any atom is 0.204 e. The summed E-state index contributed by atoms with van der Waals surface area (Å²) in [6, 6.07) is 9.98. The number of aromatic nitrogens is 5. The summed E-state index contributed by atoms with van der Waals surface area (Å²) in [4.78, 5) is 4.30. The van der Waals surface area contributed by atoms with Crippen molar-refractivity contribution in [3.8, 4) is 28.3 Å². The van der Waals surface area contributed by atoms with E-state index in [9.17, 15) is 0 Å². The number of tetrazole rings is 1. The van der Waals surface area contributed by atoms with E-state index in [0.29, 0.717) is 12.4 Å². The molecular weight excluding hydrogens is 304 g/mol. The lowest BCUT2D eigenvalue weighted by molar-refractivity contribution is 0.259. The number of hydrogen-bond acceptors (Lipinski definition) is 6. The molecule has 1 saturated carbocycles. The second-order valence-corrected chi connectivity index (χ2v) is 6.04. The lowest BCUT2D eigenvalue weighted by Crippen LogP contribution is -2.33. The van der Waals surface area contributed by atoms with Gasteiger partial charge in [0.05, 0.1) is 11.7 Å². The fourth-order valence-corrected chi connectivity index (χ4v) is 2.59. The summed E-state index contributed by atoms with van der Waals surface area (Å²) in [5.74, 6) is 1.37. The van der Waals surface area contributed by atoms with Gasteiger partial charge in [0.1, 0.15) is 12.4 Å². The van der Waals surface area contributed by atoms with E-state index < -0.39 is 0 Å². The van der Waals surface area contributed by atoms with E-state index in [2.05, 4.69) is 30.9 Å². The Bertz CT molecular complexity index is 811. The van der Waals surface area contributed by atoms with Gasteiger partial charge in [-0.3, -0.25) is 4.98 Å². The molecule has 1 aliphatic rings. The van der Waals surface area contributed by atoms with Gasteiger partial charge in [0.25, 0.3) is 0 Å². The second-order valence-electron chi connectivity index (χ2n) is 6.04. The van der Waals surface area contributed by atoms with Crippen LogP contribution < -0.4 is 10.1 Å². The predicted octanol–water partition coefficient (Wildman–Crippen LogP) is 2.06. The minimum atomic E-state index is 0.155. The van der Waals surface area contributed by atoms with E-state index in [0.717, 1.165) is 35.3 Å². The van der Waals surface area contributed by atoms with Gasteiger partial charge in [-0.05, 0) is 36.7 Å². The highest BCUT2D eigenvalue weighted by molar-refractivity contribution is 5.67. The van der Waals surface area contributed by atoms with Crippen LogP contribution >= 0.6 is 0 Å². The Kier molecular flexibility index (Phi) is 3.70. The third kappa shape index (κ3) is 2.98. The lowest BCUT2D eigenvalue weighted by atomic mass is 10.1. The van der Waals surface area contributed by atoms with Crippen molar-refractivity contribution in [1.29, 1.82) is 0 Å². The monoisotopic (exact) mass is 322 g/mol. The molecule has 7 heteroatoms. The Morgan fingerprint density at radius 3 is 2.58 bits per heavy atom. The molecule has 0 aliphatic heterocycles. The molecule has 1 fully saturated rings. The van der Waals surface area contributed by atoms with Crippen LogP contribution in [0.25, 0.3) is 22.5 Å². The molecule has 4 rings (SSSR count). The second kappa shape index (κ2) is 6.01. The molecule has 0 radical (unpaired) electrons. The van der Waals surface area contributed by atoms with Crippen LogP contribution in [0.15, 0.2) is 42.7 Å². The van der Waals surface area contributed by atoms with Crippen LogP contribution in [-0.2, 0) is 0 Å². The maximum atomic E-state index is 5.91. The van der Waals surface area contributed by atoms with Gasteiger partial charge in [-0.1, -0.05) is 24.3 Å². The van der Waals surface area contributed by atoms with Crippen molar-refractivity contribution < 1.29 is 4.74 Å². The average molecular weight is 322 g/mol. The smallest absolute Gasteiger partial charge is 0.204 e. The van der Waals surface area contributed by atoms with E-state index in [1.807, 2.05) is 43.6 Å². The SMILES string of the molecule is CNC1(COc2cncc(-c3ccc(-c4nn[nH]n4)cc3)c2)CC1. The number of nitrogens with one attached hydrogen (secondary N) is 2. The number of hydrogen-bond donors (Lipinski definition) is 2. The molecule has 24 heavy (non-hydrogen) atoms. The molecule has 2 heterocycles. The number of ether oxygens (including phenoxy) is 1. The van der Waals surface area contributed by atoms with Gasteiger partial charge in [0, 0.05) is 17.3 Å². The summed E-state index contributed by atoms with van der Waals surface area (Å²) < 4.78 is 5.91. The largest absolute Gasteiger partial charge is 0.490 e. The summed E-state index contributed by atoms with van der Waals surface area (Å²) >= 11 is 0. The number of pyridine rings is 1. The van der Waals surface area contributed by atoms with Gasteiger partial charge >= 0.3 is 0 Å². The van der Waals surface area contributed by atoms with Crippen molar-refractivity contribution in [3.63, 3.8) is 0 Å². The zero-order valence-electron chi connectivity index (χ0n) is 13.4. The van der Waals surface area contributed by atoms with Crippen molar-refractivity contribution in [1.82, 2.24) is 30.9 Å². The van der Waals surface area contributed by atoms with Crippen LogP contribution in [0.2, 0.25) is 0 Å². The molecule has 0 spiro atoms. The molecule has 2 aromatic heterocycles. The Balaban J connectivity index is 1.50. The van der Waals surface area contributed by atoms with E-state index in [-0.39, 0.29) is 5.54 Å². The number of rotatable bonds is 6. The van der Waals surface area contributed by atoms with Crippen LogP contribution in [0.3, 0.4) is 0 Å². The van der Waals surface area contributed by atoms with Crippen molar-refractivity contribution in [3.05, 3.63) is 42.7 Å². The van der Waals surface area contributed by atoms with Gasteiger partial charge in [-0.15, -0.1) is 10.2 Å².